The molecule has 0 saturated heterocycles. The van der Waals surface area contributed by atoms with Crippen molar-refractivity contribution in [2.75, 3.05) is 13.2 Å². The van der Waals surface area contributed by atoms with Gasteiger partial charge in [0.1, 0.15) is 6.61 Å². The van der Waals surface area contributed by atoms with Crippen LogP contribution in [0.4, 0.5) is 13.2 Å². The first-order valence-electron chi connectivity index (χ1n) is 12.7. The summed E-state index contributed by atoms with van der Waals surface area (Å²) >= 11 is 0. The van der Waals surface area contributed by atoms with Gasteiger partial charge in [-0.05, 0) is 91.3 Å². The zero-order valence-corrected chi connectivity index (χ0v) is 20.7. The lowest BCUT2D eigenvalue weighted by atomic mass is 9.82. The highest BCUT2D eigenvalue weighted by Gasteiger charge is 2.26. The van der Waals surface area contributed by atoms with Crippen LogP contribution in [-0.2, 0) is 17.6 Å². The summed E-state index contributed by atoms with van der Waals surface area (Å²) in [6, 6.07) is 16.0. The standard InChI is InChI=1S/C31H33F3O2/c1-3-19-36-29-18-14-25(20-28(29)32)22-8-5-21(6-9-22)7-10-24-13-17-27(31(34)30(24)33)23-11-15-26(16-12-23)35-4-2/h3,5-6,8-9,13-14,17-18,20,23,26H,1,4,7,10-12,15-16,19H2,2H3. The van der Waals surface area contributed by atoms with Gasteiger partial charge in [0.05, 0.1) is 6.10 Å². The van der Waals surface area contributed by atoms with E-state index in [1.807, 2.05) is 31.2 Å². The van der Waals surface area contributed by atoms with E-state index < -0.39 is 17.5 Å². The molecule has 2 nitrogen and oxygen atoms in total. The number of benzene rings is 3. The second-order valence-corrected chi connectivity index (χ2v) is 9.31. The maximum Gasteiger partial charge on any atom is 0.165 e. The highest BCUT2D eigenvalue weighted by molar-refractivity contribution is 5.64. The van der Waals surface area contributed by atoms with Gasteiger partial charge in [-0.3, -0.25) is 0 Å². The fourth-order valence-electron chi connectivity index (χ4n) is 4.98. The Labute approximate surface area is 211 Å². The van der Waals surface area contributed by atoms with E-state index >= 15 is 0 Å². The van der Waals surface area contributed by atoms with E-state index in [9.17, 15) is 13.2 Å². The predicted molar refractivity (Wildman–Crippen MR) is 138 cm³/mol. The lowest BCUT2D eigenvalue weighted by molar-refractivity contribution is 0.0325. The summed E-state index contributed by atoms with van der Waals surface area (Å²) in [7, 11) is 0. The maximum atomic E-state index is 14.9. The van der Waals surface area contributed by atoms with Gasteiger partial charge in [0.2, 0.25) is 0 Å². The van der Waals surface area contributed by atoms with Crippen molar-refractivity contribution < 1.29 is 22.6 Å². The van der Waals surface area contributed by atoms with Crippen LogP contribution in [0.2, 0.25) is 0 Å². The molecule has 1 aliphatic carbocycles. The van der Waals surface area contributed by atoms with Crippen molar-refractivity contribution in [3.8, 4) is 16.9 Å². The van der Waals surface area contributed by atoms with E-state index in [1.165, 1.54) is 6.07 Å². The van der Waals surface area contributed by atoms with Gasteiger partial charge in [-0.1, -0.05) is 55.1 Å². The predicted octanol–water partition coefficient (Wildman–Crippen LogP) is 8.18. The van der Waals surface area contributed by atoms with Gasteiger partial charge in [-0.25, -0.2) is 13.2 Å². The molecule has 0 bridgehead atoms. The molecular formula is C31H33F3O2. The van der Waals surface area contributed by atoms with Crippen LogP contribution >= 0.6 is 0 Å². The molecule has 190 valence electrons. The molecule has 3 aromatic carbocycles. The average molecular weight is 495 g/mol. The van der Waals surface area contributed by atoms with Crippen LogP contribution in [0.15, 0.2) is 67.3 Å². The lowest BCUT2D eigenvalue weighted by Gasteiger charge is -2.29. The fraction of sp³-hybridized carbons (Fsp3) is 0.355. The first-order valence-corrected chi connectivity index (χ1v) is 12.7. The number of hydrogen-bond donors (Lipinski definition) is 0. The Kier molecular flexibility index (Phi) is 8.87. The van der Waals surface area contributed by atoms with Crippen LogP contribution in [0.5, 0.6) is 5.75 Å². The second-order valence-electron chi connectivity index (χ2n) is 9.31. The van der Waals surface area contributed by atoms with Crippen molar-refractivity contribution in [2.45, 2.75) is 57.5 Å². The van der Waals surface area contributed by atoms with Crippen LogP contribution in [0.3, 0.4) is 0 Å². The van der Waals surface area contributed by atoms with Gasteiger partial charge in [-0.2, -0.15) is 0 Å². The normalized spacial score (nSPS) is 17.7. The summed E-state index contributed by atoms with van der Waals surface area (Å²) in [6.07, 6.45) is 6.20. The largest absolute Gasteiger partial charge is 0.486 e. The van der Waals surface area contributed by atoms with E-state index in [1.54, 1.807) is 30.3 Å². The Hall–Kier alpha value is -3.05. The summed E-state index contributed by atoms with van der Waals surface area (Å²) in [5.41, 5.74) is 3.49. The maximum absolute atomic E-state index is 14.9. The Bertz CT molecular complexity index is 1170. The van der Waals surface area contributed by atoms with Crippen LogP contribution in [0, 0.1) is 17.5 Å². The van der Waals surface area contributed by atoms with Crippen LogP contribution in [-0.4, -0.2) is 19.3 Å². The highest BCUT2D eigenvalue weighted by Crippen LogP contribution is 2.36. The third kappa shape index (κ3) is 6.19. The molecule has 0 aliphatic heterocycles. The number of rotatable bonds is 10. The van der Waals surface area contributed by atoms with E-state index in [4.69, 9.17) is 9.47 Å². The van der Waals surface area contributed by atoms with Crippen molar-refractivity contribution in [3.63, 3.8) is 0 Å². The Morgan fingerprint density at radius 2 is 1.58 bits per heavy atom. The molecule has 1 fully saturated rings. The van der Waals surface area contributed by atoms with Crippen molar-refractivity contribution in [1.29, 1.82) is 0 Å². The first kappa shape index (κ1) is 26.0. The van der Waals surface area contributed by atoms with E-state index in [-0.39, 0.29) is 24.4 Å². The molecule has 0 amide bonds. The molecular weight excluding hydrogens is 461 g/mol. The summed E-state index contributed by atoms with van der Waals surface area (Å²) < 4.78 is 55.1. The van der Waals surface area contributed by atoms with Gasteiger partial charge in [0, 0.05) is 6.61 Å². The fourth-order valence-corrected chi connectivity index (χ4v) is 4.98. The van der Waals surface area contributed by atoms with Crippen molar-refractivity contribution >= 4 is 0 Å². The minimum Gasteiger partial charge on any atom is -0.486 e. The Morgan fingerprint density at radius 1 is 0.861 bits per heavy atom. The molecule has 0 unspecified atom stereocenters. The van der Waals surface area contributed by atoms with E-state index in [0.717, 1.165) is 42.4 Å². The molecule has 1 aliphatic rings. The van der Waals surface area contributed by atoms with Gasteiger partial charge in [0.15, 0.2) is 23.2 Å². The monoisotopic (exact) mass is 494 g/mol. The average Bonchev–Trinajstić information content (AvgIpc) is 2.90. The molecule has 0 atom stereocenters. The summed E-state index contributed by atoms with van der Waals surface area (Å²) in [5, 5.41) is 0. The van der Waals surface area contributed by atoms with E-state index in [0.29, 0.717) is 30.6 Å². The molecule has 3 aromatic rings. The third-order valence-electron chi connectivity index (χ3n) is 6.97. The minimum absolute atomic E-state index is 0.0465. The van der Waals surface area contributed by atoms with Gasteiger partial charge in [0.25, 0.3) is 0 Å². The number of ether oxygens (including phenoxy) is 2. The van der Waals surface area contributed by atoms with Gasteiger partial charge < -0.3 is 9.47 Å². The van der Waals surface area contributed by atoms with E-state index in [2.05, 4.69) is 6.58 Å². The van der Waals surface area contributed by atoms with Crippen molar-refractivity contribution in [1.82, 2.24) is 0 Å². The van der Waals surface area contributed by atoms with Crippen molar-refractivity contribution in [3.05, 3.63) is 101 Å². The number of hydrogen-bond acceptors (Lipinski definition) is 2. The topological polar surface area (TPSA) is 18.5 Å². The Balaban J connectivity index is 1.37. The molecule has 0 spiro atoms. The summed E-state index contributed by atoms with van der Waals surface area (Å²) in [5.74, 6) is -1.63. The van der Waals surface area contributed by atoms with Gasteiger partial charge >= 0.3 is 0 Å². The molecule has 0 heterocycles. The second kappa shape index (κ2) is 12.3. The molecule has 4 rings (SSSR count). The van der Waals surface area contributed by atoms with Crippen LogP contribution in [0.1, 0.15) is 55.2 Å². The highest BCUT2D eigenvalue weighted by atomic mass is 19.2. The van der Waals surface area contributed by atoms with Crippen LogP contribution < -0.4 is 4.74 Å². The molecule has 0 N–H and O–H groups in total. The number of halogens is 3. The molecule has 1 saturated carbocycles. The molecule has 0 aromatic heterocycles. The molecule has 36 heavy (non-hydrogen) atoms. The quantitative estimate of drug-likeness (QED) is 0.265. The smallest absolute Gasteiger partial charge is 0.165 e. The SMILES string of the molecule is C=CCOc1ccc(-c2ccc(CCc3ccc(C4CCC(OCC)CC4)c(F)c3F)cc2)cc1F. The number of aryl methyl sites for hydroxylation is 2. The van der Waals surface area contributed by atoms with Gasteiger partial charge in [-0.15, -0.1) is 0 Å². The summed E-state index contributed by atoms with van der Waals surface area (Å²) in [4.78, 5) is 0. The zero-order chi connectivity index (χ0) is 25.5. The third-order valence-corrected chi connectivity index (χ3v) is 6.97. The van der Waals surface area contributed by atoms with Crippen LogP contribution in [0.25, 0.3) is 11.1 Å². The first-order chi connectivity index (χ1) is 17.5. The lowest BCUT2D eigenvalue weighted by Crippen LogP contribution is -2.21. The van der Waals surface area contributed by atoms with Crippen molar-refractivity contribution in [2.24, 2.45) is 0 Å². The summed E-state index contributed by atoms with van der Waals surface area (Å²) in [6.45, 7) is 6.48. The molecule has 5 heteroatoms. The molecule has 0 radical (unpaired) electrons. The zero-order valence-electron chi connectivity index (χ0n) is 20.7. The minimum atomic E-state index is -0.731. The Morgan fingerprint density at radius 3 is 2.25 bits per heavy atom.